The number of halogens is 1. The molecule has 0 aliphatic carbocycles. The van der Waals surface area contributed by atoms with Crippen LogP contribution in [0, 0.1) is 0 Å². The average molecular weight is 356 g/mol. The van der Waals surface area contributed by atoms with Crippen LogP contribution in [0.5, 0.6) is 5.75 Å². The molecule has 124 valence electrons. The lowest BCUT2D eigenvalue weighted by atomic mass is 9.94. The predicted molar refractivity (Wildman–Crippen MR) is 110 cm³/mol. The number of ether oxygens (including phenoxy) is 1. The minimum atomic E-state index is 0.713. The zero-order chi connectivity index (χ0) is 18.1. The molecule has 3 aromatic carbocycles. The number of hydrogen-bond acceptors (Lipinski definition) is 2. The summed E-state index contributed by atoms with van der Waals surface area (Å²) in [6.07, 6.45) is 0. The number of nitrogens with zero attached hydrogens (tertiary/aromatic N) is 1. The molecule has 26 heavy (non-hydrogen) atoms. The fourth-order valence-corrected chi connectivity index (χ4v) is 3.16. The van der Waals surface area contributed by atoms with E-state index in [-0.39, 0.29) is 0 Å². The van der Waals surface area contributed by atoms with Gasteiger partial charge in [0.05, 0.1) is 18.3 Å². The summed E-state index contributed by atoms with van der Waals surface area (Å²) < 4.78 is 5.42. The minimum Gasteiger partial charge on any atom is -0.497 e. The van der Waals surface area contributed by atoms with Gasteiger partial charge in [0.25, 0.3) is 0 Å². The van der Waals surface area contributed by atoms with E-state index in [2.05, 4.69) is 0 Å². The Morgan fingerprint density at radius 1 is 0.846 bits per heavy atom. The van der Waals surface area contributed by atoms with Crippen LogP contribution >= 0.6 is 11.6 Å². The van der Waals surface area contributed by atoms with E-state index in [1.165, 1.54) is 0 Å². The van der Waals surface area contributed by atoms with Crippen molar-refractivity contribution < 1.29 is 4.74 Å². The van der Waals surface area contributed by atoms with Crippen molar-refractivity contribution in [1.29, 1.82) is 0 Å². The van der Waals surface area contributed by atoms with Crippen molar-refractivity contribution in [3.63, 3.8) is 0 Å². The molecule has 4 heteroatoms. The number of hydrogen-bond donors (Lipinski definition) is 0. The van der Waals surface area contributed by atoms with Gasteiger partial charge in [-0.25, -0.2) is 4.98 Å². The van der Waals surface area contributed by atoms with E-state index >= 15 is 0 Å². The molecule has 0 aliphatic heterocycles. The van der Waals surface area contributed by atoms with E-state index in [0.717, 1.165) is 44.5 Å². The molecule has 2 radical (unpaired) electrons. The summed E-state index contributed by atoms with van der Waals surface area (Å²) in [4.78, 5) is 4.83. The number of pyridine rings is 1. The van der Waals surface area contributed by atoms with Crippen molar-refractivity contribution in [3.05, 3.63) is 77.8 Å². The molecule has 1 aromatic heterocycles. The molecule has 0 N–H and O–H groups in total. The third-order valence-electron chi connectivity index (χ3n) is 4.37. The van der Waals surface area contributed by atoms with Crippen LogP contribution in [0.1, 0.15) is 0 Å². The first-order chi connectivity index (χ1) is 12.6. The lowest BCUT2D eigenvalue weighted by Crippen LogP contribution is -2.00. The highest BCUT2D eigenvalue weighted by molar-refractivity contribution is 6.33. The van der Waals surface area contributed by atoms with Crippen molar-refractivity contribution in [2.45, 2.75) is 0 Å². The third-order valence-corrected chi connectivity index (χ3v) is 4.62. The van der Waals surface area contributed by atoms with Gasteiger partial charge in [0.15, 0.2) is 0 Å². The molecule has 0 fully saturated rings. The summed E-state index contributed by atoms with van der Waals surface area (Å²) in [7, 11) is 7.53. The Morgan fingerprint density at radius 2 is 1.65 bits per heavy atom. The Bertz CT molecular complexity index is 1090. The van der Waals surface area contributed by atoms with Crippen LogP contribution in [0.15, 0.2) is 72.8 Å². The van der Waals surface area contributed by atoms with E-state index in [0.29, 0.717) is 5.02 Å². The van der Waals surface area contributed by atoms with Crippen molar-refractivity contribution in [2.24, 2.45) is 0 Å². The molecule has 0 aliphatic rings. The van der Waals surface area contributed by atoms with Crippen LogP contribution in [0.2, 0.25) is 5.02 Å². The highest BCUT2D eigenvalue weighted by Gasteiger charge is 2.11. The van der Waals surface area contributed by atoms with Gasteiger partial charge in [-0.2, -0.15) is 0 Å². The van der Waals surface area contributed by atoms with Crippen molar-refractivity contribution >= 4 is 35.8 Å². The fraction of sp³-hybridized carbons (Fsp3) is 0.0455. The van der Waals surface area contributed by atoms with Gasteiger partial charge in [0.1, 0.15) is 13.6 Å². The highest BCUT2D eigenvalue weighted by atomic mass is 35.5. The first kappa shape index (κ1) is 16.7. The third kappa shape index (κ3) is 3.18. The summed E-state index contributed by atoms with van der Waals surface area (Å²) in [6.45, 7) is 0. The number of rotatable bonds is 3. The van der Waals surface area contributed by atoms with E-state index in [4.69, 9.17) is 29.2 Å². The summed E-state index contributed by atoms with van der Waals surface area (Å²) in [5.41, 5.74) is 5.67. The Balaban J connectivity index is 1.91. The molecule has 0 spiro atoms. The number of benzene rings is 3. The largest absolute Gasteiger partial charge is 0.497 e. The number of fused-ring (bicyclic) bond motifs is 1. The quantitative estimate of drug-likeness (QED) is 0.481. The number of methoxy groups -OCH3 is 1. The summed E-state index contributed by atoms with van der Waals surface area (Å²) in [5, 5.41) is 1.73. The Labute approximate surface area is 158 Å². The van der Waals surface area contributed by atoms with E-state index in [9.17, 15) is 0 Å². The van der Waals surface area contributed by atoms with Gasteiger partial charge in [-0.05, 0) is 52.9 Å². The summed E-state index contributed by atoms with van der Waals surface area (Å²) >= 11 is 6.04. The molecule has 2 nitrogen and oxygen atoms in total. The molecule has 0 atom stereocenters. The van der Waals surface area contributed by atoms with E-state index in [1.54, 1.807) is 7.11 Å². The van der Waals surface area contributed by atoms with Gasteiger partial charge >= 0.3 is 0 Å². The lowest BCUT2D eigenvalue weighted by Gasteiger charge is -2.12. The van der Waals surface area contributed by atoms with Crippen LogP contribution in [0.4, 0.5) is 0 Å². The summed E-state index contributed by atoms with van der Waals surface area (Å²) in [6, 6.07) is 23.6. The van der Waals surface area contributed by atoms with E-state index < -0.39 is 0 Å². The highest BCUT2D eigenvalue weighted by Crippen LogP contribution is 2.35. The monoisotopic (exact) mass is 355 g/mol. The maximum absolute atomic E-state index is 6.04. The first-order valence-corrected chi connectivity index (χ1v) is 8.62. The Morgan fingerprint density at radius 3 is 2.42 bits per heavy atom. The van der Waals surface area contributed by atoms with Crippen molar-refractivity contribution in [1.82, 2.24) is 4.98 Å². The first-order valence-electron chi connectivity index (χ1n) is 8.25. The van der Waals surface area contributed by atoms with Crippen LogP contribution < -0.4 is 10.2 Å². The second kappa shape index (κ2) is 6.85. The zero-order valence-corrected chi connectivity index (χ0v) is 15.0. The molecule has 4 rings (SSSR count). The normalized spacial score (nSPS) is 10.8. The van der Waals surface area contributed by atoms with Crippen LogP contribution in [0.25, 0.3) is 33.3 Å². The van der Waals surface area contributed by atoms with Gasteiger partial charge in [-0.15, -0.1) is 0 Å². The molecule has 0 saturated heterocycles. The molecule has 0 amide bonds. The molecule has 1 heterocycles. The SMILES string of the molecule is [B]c1ccc2nc(-c3cc(OC)ccc3-c3ccc(Cl)cc3)ccc2c1. The molecule has 4 aromatic rings. The standard InChI is InChI=1S/C22H15BClNO/c1-26-18-8-9-19(14-2-6-17(24)7-3-14)20(13-18)22-10-4-15-12-16(23)5-11-21(15)25-22/h2-13H,1H3. The van der Waals surface area contributed by atoms with Crippen LogP contribution in [0.3, 0.4) is 0 Å². The maximum atomic E-state index is 6.04. The van der Waals surface area contributed by atoms with Gasteiger partial charge < -0.3 is 4.74 Å². The van der Waals surface area contributed by atoms with Gasteiger partial charge in [0.2, 0.25) is 0 Å². The van der Waals surface area contributed by atoms with Crippen LogP contribution in [-0.4, -0.2) is 19.9 Å². The molecule has 0 bridgehead atoms. The number of aromatic nitrogens is 1. The molecule has 0 unspecified atom stereocenters. The van der Waals surface area contributed by atoms with Gasteiger partial charge in [-0.1, -0.05) is 53.5 Å². The maximum Gasteiger partial charge on any atom is 0.119 e. The average Bonchev–Trinajstić information content (AvgIpc) is 2.68. The summed E-state index contributed by atoms with van der Waals surface area (Å²) in [5.74, 6) is 0.789. The fourth-order valence-electron chi connectivity index (χ4n) is 3.04. The lowest BCUT2D eigenvalue weighted by molar-refractivity contribution is 0.415. The smallest absolute Gasteiger partial charge is 0.119 e. The van der Waals surface area contributed by atoms with Crippen LogP contribution in [-0.2, 0) is 0 Å². The minimum absolute atomic E-state index is 0.713. The van der Waals surface area contributed by atoms with Gasteiger partial charge in [0, 0.05) is 10.6 Å². The molecular weight excluding hydrogens is 341 g/mol. The Hall–Kier alpha value is -2.78. The van der Waals surface area contributed by atoms with E-state index in [1.807, 2.05) is 72.8 Å². The Kier molecular flexibility index (Phi) is 4.40. The predicted octanol–water partition coefficient (Wildman–Crippen LogP) is 5.02. The second-order valence-corrected chi connectivity index (χ2v) is 6.50. The topological polar surface area (TPSA) is 22.1 Å². The molecule has 0 saturated carbocycles. The van der Waals surface area contributed by atoms with Crippen molar-refractivity contribution in [2.75, 3.05) is 7.11 Å². The zero-order valence-electron chi connectivity index (χ0n) is 14.2. The second-order valence-electron chi connectivity index (χ2n) is 6.07. The van der Waals surface area contributed by atoms with Gasteiger partial charge in [-0.3, -0.25) is 0 Å². The van der Waals surface area contributed by atoms with Crippen molar-refractivity contribution in [3.8, 4) is 28.1 Å². The molecular formula is C22H15BClNO.